The standard InChI is InChI=1S/C15H17N3O/c1-2-18-14(19)9-11(16)15(18)13-8-7-10-5-3-4-6-12(10)17-13/h3-8,11,15H,2,9,16H2,1H3. The fourth-order valence-corrected chi connectivity index (χ4v) is 2.82. The molecule has 0 spiro atoms. The van der Waals surface area contributed by atoms with Gasteiger partial charge in [-0.15, -0.1) is 0 Å². The Morgan fingerprint density at radius 1 is 1.32 bits per heavy atom. The molecule has 2 unspecified atom stereocenters. The van der Waals surface area contributed by atoms with E-state index < -0.39 is 0 Å². The molecule has 3 rings (SSSR count). The van der Waals surface area contributed by atoms with Crippen molar-refractivity contribution in [2.75, 3.05) is 6.54 Å². The van der Waals surface area contributed by atoms with Gasteiger partial charge in [-0.3, -0.25) is 9.78 Å². The molecule has 4 nitrogen and oxygen atoms in total. The summed E-state index contributed by atoms with van der Waals surface area (Å²) in [6, 6.07) is 11.7. The van der Waals surface area contributed by atoms with Crippen LogP contribution >= 0.6 is 0 Å². The van der Waals surface area contributed by atoms with Crippen LogP contribution in [0.1, 0.15) is 25.1 Å². The molecule has 2 aromatic rings. The number of para-hydroxylation sites is 1. The highest BCUT2D eigenvalue weighted by Crippen LogP contribution is 2.31. The Hall–Kier alpha value is -1.94. The Labute approximate surface area is 112 Å². The van der Waals surface area contributed by atoms with Gasteiger partial charge in [0.1, 0.15) is 0 Å². The maximum Gasteiger partial charge on any atom is 0.224 e. The molecule has 1 fully saturated rings. The van der Waals surface area contributed by atoms with Gasteiger partial charge in [0, 0.05) is 24.4 Å². The normalized spacial score (nSPS) is 23.3. The van der Waals surface area contributed by atoms with E-state index in [0.29, 0.717) is 13.0 Å². The SMILES string of the molecule is CCN1C(=O)CC(N)C1c1ccc2ccccc2n1. The van der Waals surface area contributed by atoms with Gasteiger partial charge in [0.25, 0.3) is 0 Å². The van der Waals surface area contributed by atoms with Crippen molar-refractivity contribution in [1.82, 2.24) is 9.88 Å². The molecular weight excluding hydrogens is 238 g/mol. The van der Waals surface area contributed by atoms with Gasteiger partial charge in [-0.25, -0.2) is 0 Å². The van der Waals surface area contributed by atoms with E-state index in [9.17, 15) is 4.79 Å². The molecule has 19 heavy (non-hydrogen) atoms. The molecule has 1 aromatic heterocycles. The number of hydrogen-bond donors (Lipinski definition) is 1. The average molecular weight is 255 g/mol. The zero-order valence-corrected chi connectivity index (χ0v) is 10.9. The van der Waals surface area contributed by atoms with Crippen LogP contribution < -0.4 is 5.73 Å². The van der Waals surface area contributed by atoms with Crippen molar-refractivity contribution in [3.8, 4) is 0 Å². The number of likely N-dealkylation sites (tertiary alicyclic amines) is 1. The van der Waals surface area contributed by atoms with Crippen LogP contribution in [-0.4, -0.2) is 28.4 Å². The second-order valence-corrected chi connectivity index (χ2v) is 4.92. The van der Waals surface area contributed by atoms with Gasteiger partial charge < -0.3 is 10.6 Å². The second-order valence-electron chi connectivity index (χ2n) is 4.92. The summed E-state index contributed by atoms with van der Waals surface area (Å²) in [5.74, 6) is 0.120. The Kier molecular flexibility index (Phi) is 2.95. The number of carbonyl (C=O) groups is 1. The van der Waals surface area contributed by atoms with Crippen molar-refractivity contribution in [2.45, 2.75) is 25.4 Å². The van der Waals surface area contributed by atoms with Gasteiger partial charge in [0.05, 0.1) is 17.3 Å². The number of carbonyl (C=O) groups excluding carboxylic acids is 1. The third-order valence-corrected chi connectivity index (χ3v) is 3.74. The van der Waals surface area contributed by atoms with Crippen LogP contribution in [0.5, 0.6) is 0 Å². The molecular formula is C15H17N3O. The predicted molar refractivity (Wildman–Crippen MR) is 74.5 cm³/mol. The van der Waals surface area contributed by atoms with Crippen LogP contribution in [0.25, 0.3) is 10.9 Å². The number of nitrogens with zero attached hydrogens (tertiary/aromatic N) is 2. The van der Waals surface area contributed by atoms with Crippen LogP contribution in [0.2, 0.25) is 0 Å². The van der Waals surface area contributed by atoms with Gasteiger partial charge in [0.15, 0.2) is 0 Å². The van der Waals surface area contributed by atoms with Gasteiger partial charge in [-0.2, -0.15) is 0 Å². The summed E-state index contributed by atoms with van der Waals surface area (Å²) in [5.41, 5.74) is 7.94. The molecule has 1 aliphatic heterocycles. The van der Waals surface area contributed by atoms with Crippen molar-refractivity contribution in [3.63, 3.8) is 0 Å². The molecule has 2 atom stereocenters. The van der Waals surface area contributed by atoms with Crippen LogP contribution in [0.4, 0.5) is 0 Å². The van der Waals surface area contributed by atoms with E-state index in [4.69, 9.17) is 5.73 Å². The van der Waals surface area contributed by atoms with E-state index in [0.717, 1.165) is 16.6 Å². The minimum absolute atomic E-state index is 0.0953. The summed E-state index contributed by atoms with van der Waals surface area (Å²) >= 11 is 0. The fourth-order valence-electron chi connectivity index (χ4n) is 2.82. The molecule has 98 valence electrons. The number of amides is 1. The Morgan fingerprint density at radius 3 is 2.89 bits per heavy atom. The second kappa shape index (κ2) is 4.63. The van der Waals surface area contributed by atoms with E-state index >= 15 is 0 Å². The quantitative estimate of drug-likeness (QED) is 0.891. The molecule has 1 aliphatic rings. The summed E-state index contributed by atoms with van der Waals surface area (Å²) in [5, 5.41) is 1.10. The van der Waals surface area contributed by atoms with Crippen molar-refractivity contribution < 1.29 is 4.79 Å². The molecule has 2 N–H and O–H groups in total. The minimum atomic E-state index is -0.166. The van der Waals surface area contributed by atoms with E-state index in [1.54, 1.807) is 0 Å². The first-order valence-corrected chi connectivity index (χ1v) is 6.61. The highest BCUT2D eigenvalue weighted by atomic mass is 16.2. The zero-order valence-electron chi connectivity index (χ0n) is 10.9. The Morgan fingerprint density at radius 2 is 2.11 bits per heavy atom. The lowest BCUT2D eigenvalue weighted by atomic mass is 10.0. The van der Waals surface area contributed by atoms with Gasteiger partial charge in [0.2, 0.25) is 5.91 Å². The Balaban J connectivity index is 2.05. The topological polar surface area (TPSA) is 59.2 Å². The number of nitrogens with two attached hydrogens (primary N) is 1. The monoisotopic (exact) mass is 255 g/mol. The summed E-state index contributed by atoms with van der Waals surface area (Å²) in [6.07, 6.45) is 0.410. The number of benzene rings is 1. The number of likely N-dealkylation sites (N-methyl/N-ethyl adjacent to an activating group) is 1. The van der Waals surface area contributed by atoms with E-state index in [1.165, 1.54) is 0 Å². The zero-order chi connectivity index (χ0) is 13.4. The largest absolute Gasteiger partial charge is 0.333 e. The molecule has 0 saturated carbocycles. The lowest BCUT2D eigenvalue weighted by molar-refractivity contribution is -0.128. The minimum Gasteiger partial charge on any atom is -0.333 e. The number of hydrogen-bond acceptors (Lipinski definition) is 3. The third-order valence-electron chi connectivity index (χ3n) is 3.74. The van der Waals surface area contributed by atoms with Gasteiger partial charge in [-0.1, -0.05) is 24.3 Å². The van der Waals surface area contributed by atoms with Gasteiger partial charge >= 0.3 is 0 Å². The molecule has 4 heteroatoms. The van der Waals surface area contributed by atoms with Crippen molar-refractivity contribution >= 4 is 16.8 Å². The lowest BCUT2D eigenvalue weighted by Crippen LogP contribution is -2.33. The first-order chi connectivity index (χ1) is 9.20. The highest BCUT2D eigenvalue weighted by molar-refractivity contribution is 5.81. The molecule has 1 aromatic carbocycles. The molecule has 2 heterocycles. The van der Waals surface area contributed by atoms with Crippen LogP contribution in [0.3, 0.4) is 0 Å². The molecule has 0 aliphatic carbocycles. The highest BCUT2D eigenvalue weighted by Gasteiger charge is 2.38. The van der Waals surface area contributed by atoms with Crippen LogP contribution in [-0.2, 0) is 4.79 Å². The number of fused-ring (bicyclic) bond motifs is 1. The summed E-state index contributed by atoms with van der Waals surface area (Å²) < 4.78 is 0. The number of rotatable bonds is 2. The maximum atomic E-state index is 11.9. The van der Waals surface area contributed by atoms with Crippen LogP contribution in [0, 0.1) is 0 Å². The fraction of sp³-hybridized carbons (Fsp3) is 0.333. The van der Waals surface area contributed by atoms with E-state index in [2.05, 4.69) is 4.98 Å². The smallest absolute Gasteiger partial charge is 0.224 e. The first kappa shape index (κ1) is 12.1. The van der Waals surface area contributed by atoms with Crippen molar-refractivity contribution in [3.05, 3.63) is 42.1 Å². The van der Waals surface area contributed by atoms with Crippen molar-refractivity contribution in [1.29, 1.82) is 0 Å². The molecule has 1 amide bonds. The van der Waals surface area contributed by atoms with E-state index in [1.807, 2.05) is 48.2 Å². The first-order valence-electron chi connectivity index (χ1n) is 6.61. The molecule has 0 radical (unpaired) electrons. The number of aromatic nitrogens is 1. The average Bonchev–Trinajstić information content (AvgIpc) is 2.72. The van der Waals surface area contributed by atoms with Crippen molar-refractivity contribution in [2.24, 2.45) is 5.73 Å². The number of pyridine rings is 1. The third kappa shape index (κ3) is 1.98. The van der Waals surface area contributed by atoms with Gasteiger partial charge in [-0.05, 0) is 19.1 Å². The lowest BCUT2D eigenvalue weighted by Gasteiger charge is -2.25. The summed E-state index contributed by atoms with van der Waals surface area (Å²) in [7, 11) is 0. The summed E-state index contributed by atoms with van der Waals surface area (Å²) in [6.45, 7) is 2.65. The predicted octanol–water partition coefficient (Wildman–Crippen LogP) is 1.86. The molecule has 0 bridgehead atoms. The Bertz CT molecular complexity index is 626. The maximum absolute atomic E-state index is 11.9. The van der Waals surface area contributed by atoms with Crippen LogP contribution in [0.15, 0.2) is 36.4 Å². The summed E-state index contributed by atoms with van der Waals surface area (Å²) in [4.78, 5) is 18.4. The van der Waals surface area contributed by atoms with E-state index in [-0.39, 0.29) is 18.0 Å². The molecule has 1 saturated heterocycles.